The van der Waals surface area contributed by atoms with Crippen LogP contribution in [0.3, 0.4) is 0 Å². The molecule has 138 valence electrons. The Balaban J connectivity index is 1.49. The maximum atomic E-state index is 12.5. The lowest BCUT2D eigenvalue weighted by Gasteiger charge is -2.10. The lowest BCUT2D eigenvalue weighted by atomic mass is 9.95. The molecule has 5 nitrogen and oxygen atoms in total. The SMILES string of the molecule is CCOc1cccc(/C=N\NC(=O)c2ccc3[nH]c4c(c3c2)CCCC4)c1. The van der Waals surface area contributed by atoms with E-state index in [1.165, 1.54) is 24.1 Å². The number of carbonyl (C=O) groups excluding carboxylic acids is 1. The van der Waals surface area contributed by atoms with Crippen molar-refractivity contribution in [1.29, 1.82) is 0 Å². The Morgan fingerprint density at radius 1 is 1.22 bits per heavy atom. The van der Waals surface area contributed by atoms with Crippen molar-refractivity contribution < 1.29 is 9.53 Å². The van der Waals surface area contributed by atoms with Crippen LogP contribution in [0, 0.1) is 0 Å². The van der Waals surface area contributed by atoms with Gasteiger partial charge in [0.15, 0.2) is 0 Å². The van der Waals surface area contributed by atoms with Crippen LogP contribution in [-0.2, 0) is 12.8 Å². The van der Waals surface area contributed by atoms with E-state index in [1.54, 1.807) is 6.21 Å². The molecule has 1 amide bonds. The second-order valence-electron chi connectivity index (χ2n) is 6.75. The van der Waals surface area contributed by atoms with Gasteiger partial charge in [0.2, 0.25) is 0 Å². The number of ether oxygens (including phenoxy) is 1. The summed E-state index contributed by atoms with van der Waals surface area (Å²) in [5, 5.41) is 5.24. The summed E-state index contributed by atoms with van der Waals surface area (Å²) in [5.41, 5.74) is 7.90. The lowest BCUT2D eigenvalue weighted by molar-refractivity contribution is 0.0955. The molecule has 1 aliphatic carbocycles. The number of H-pyrrole nitrogens is 1. The number of benzene rings is 2. The lowest BCUT2D eigenvalue weighted by Crippen LogP contribution is -2.17. The molecule has 4 rings (SSSR count). The Hall–Kier alpha value is -3.08. The number of aryl methyl sites for hydroxylation is 2. The number of nitrogens with one attached hydrogen (secondary N) is 2. The first-order valence-corrected chi connectivity index (χ1v) is 9.44. The molecule has 0 saturated carbocycles. The molecule has 1 heterocycles. The summed E-state index contributed by atoms with van der Waals surface area (Å²) in [6, 6.07) is 13.4. The summed E-state index contributed by atoms with van der Waals surface area (Å²) in [7, 11) is 0. The summed E-state index contributed by atoms with van der Waals surface area (Å²) in [4.78, 5) is 16.0. The number of hydrazone groups is 1. The standard InChI is InChI=1S/C22H23N3O2/c1-2-27-17-7-5-6-15(12-17)14-23-25-22(26)16-10-11-21-19(13-16)18-8-3-4-9-20(18)24-21/h5-7,10-14,24H,2-4,8-9H2,1H3,(H,25,26)/b23-14-. The molecule has 0 fully saturated rings. The van der Waals surface area contributed by atoms with Gasteiger partial charge >= 0.3 is 0 Å². The van der Waals surface area contributed by atoms with Crippen molar-refractivity contribution in [3.05, 3.63) is 64.8 Å². The molecule has 27 heavy (non-hydrogen) atoms. The first-order valence-electron chi connectivity index (χ1n) is 9.44. The first-order chi connectivity index (χ1) is 13.2. The van der Waals surface area contributed by atoms with Crippen molar-refractivity contribution in [2.24, 2.45) is 5.10 Å². The van der Waals surface area contributed by atoms with Gasteiger partial charge in [-0.05, 0) is 74.1 Å². The quantitative estimate of drug-likeness (QED) is 0.528. The molecule has 1 aromatic heterocycles. The highest BCUT2D eigenvalue weighted by Crippen LogP contribution is 2.29. The minimum absolute atomic E-state index is 0.208. The van der Waals surface area contributed by atoms with E-state index in [4.69, 9.17) is 4.74 Å². The number of fused-ring (bicyclic) bond motifs is 3. The fraction of sp³-hybridized carbons (Fsp3) is 0.273. The largest absolute Gasteiger partial charge is 0.494 e. The van der Waals surface area contributed by atoms with Crippen molar-refractivity contribution in [2.75, 3.05) is 6.61 Å². The van der Waals surface area contributed by atoms with Gasteiger partial charge in [0, 0.05) is 22.2 Å². The summed E-state index contributed by atoms with van der Waals surface area (Å²) in [6.07, 6.45) is 6.23. The Morgan fingerprint density at radius 2 is 2.11 bits per heavy atom. The maximum Gasteiger partial charge on any atom is 0.271 e. The Bertz CT molecular complexity index is 1000. The molecule has 2 aromatic carbocycles. The first kappa shape index (κ1) is 17.3. The molecule has 0 unspecified atom stereocenters. The summed E-state index contributed by atoms with van der Waals surface area (Å²) >= 11 is 0. The van der Waals surface area contributed by atoms with Gasteiger partial charge in [-0.1, -0.05) is 12.1 Å². The second-order valence-corrected chi connectivity index (χ2v) is 6.75. The monoisotopic (exact) mass is 361 g/mol. The molecule has 3 aromatic rings. The molecule has 0 saturated heterocycles. The van der Waals surface area contributed by atoms with Crippen LogP contribution in [0.2, 0.25) is 0 Å². The fourth-order valence-electron chi connectivity index (χ4n) is 3.63. The van der Waals surface area contributed by atoms with E-state index < -0.39 is 0 Å². The zero-order chi connectivity index (χ0) is 18.6. The van der Waals surface area contributed by atoms with E-state index in [-0.39, 0.29) is 5.91 Å². The normalized spacial score (nSPS) is 13.7. The van der Waals surface area contributed by atoms with Crippen LogP contribution in [0.1, 0.15) is 46.9 Å². The topological polar surface area (TPSA) is 66.5 Å². The fourth-order valence-corrected chi connectivity index (χ4v) is 3.63. The highest BCUT2D eigenvalue weighted by Gasteiger charge is 2.16. The van der Waals surface area contributed by atoms with Gasteiger partial charge < -0.3 is 9.72 Å². The van der Waals surface area contributed by atoms with Crippen LogP contribution >= 0.6 is 0 Å². The average molecular weight is 361 g/mol. The smallest absolute Gasteiger partial charge is 0.271 e. The van der Waals surface area contributed by atoms with E-state index in [2.05, 4.69) is 15.5 Å². The van der Waals surface area contributed by atoms with Gasteiger partial charge in [0.1, 0.15) is 5.75 Å². The molecule has 0 aliphatic heterocycles. The Morgan fingerprint density at radius 3 is 3.00 bits per heavy atom. The predicted octanol–water partition coefficient (Wildman–Crippen LogP) is 4.21. The van der Waals surface area contributed by atoms with Crippen molar-refractivity contribution in [3.63, 3.8) is 0 Å². The van der Waals surface area contributed by atoms with Crippen LogP contribution in [0.15, 0.2) is 47.6 Å². The van der Waals surface area contributed by atoms with Gasteiger partial charge in [-0.3, -0.25) is 4.79 Å². The Kier molecular flexibility index (Phi) is 4.92. The number of carbonyl (C=O) groups is 1. The zero-order valence-corrected chi connectivity index (χ0v) is 15.4. The van der Waals surface area contributed by atoms with Gasteiger partial charge in [-0.25, -0.2) is 5.43 Å². The van der Waals surface area contributed by atoms with E-state index >= 15 is 0 Å². The molecule has 2 N–H and O–H groups in total. The van der Waals surface area contributed by atoms with Gasteiger partial charge in [-0.15, -0.1) is 0 Å². The predicted molar refractivity (Wildman–Crippen MR) is 108 cm³/mol. The van der Waals surface area contributed by atoms with Crippen molar-refractivity contribution in [3.8, 4) is 5.75 Å². The third kappa shape index (κ3) is 3.72. The molecule has 1 aliphatic rings. The maximum absolute atomic E-state index is 12.5. The van der Waals surface area contributed by atoms with Gasteiger partial charge in [-0.2, -0.15) is 5.10 Å². The molecule has 0 bridgehead atoms. The number of aromatic nitrogens is 1. The minimum atomic E-state index is -0.208. The van der Waals surface area contributed by atoms with Crippen LogP contribution in [0.4, 0.5) is 0 Å². The molecular formula is C22H23N3O2. The summed E-state index contributed by atoms with van der Waals surface area (Å²) in [5.74, 6) is 0.579. The third-order valence-corrected chi connectivity index (χ3v) is 4.91. The molecule has 0 spiro atoms. The van der Waals surface area contributed by atoms with E-state index in [1.807, 2.05) is 49.4 Å². The average Bonchev–Trinajstić information content (AvgIpc) is 3.06. The molecule has 0 radical (unpaired) electrons. The number of hydrogen-bond donors (Lipinski definition) is 2. The van der Waals surface area contributed by atoms with Crippen molar-refractivity contribution >= 4 is 23.0 Å². The highest BCUT2D eigenvalue weighted by molar-refractivity contribution is 5.99. The van der Waals surface area contributed by atoms with Crippen LogP contribution < -0.4 is 10.2 Å². The van der Waals surface area contributed by atoms with Crippen molar-refractivity contribution in [2.45, 2.75) is 32.6 Å². The molecular weight excluding hydrogens is 338 g/mol. The summed E-state index contributed by atoms with van der Waals surface area (Å²) < 4.78 is 5.47. The van der Waals surface area contributed by atoms with E-state index in [9.17, 15) is 4.79 Å². The molecule has 0 atom stereocenters. The van der Waals surface area contributed by atoms with Crippen molar-refractivity contribution in [1.82, 2.24) is 10.4 Å². The van der Waals surface area contributed by atoms with Crippen LogP contribution in [-0.4, -0.2) is 23.7 Å². The second kappa shape index (κ2) is 7.66. The third-order valence-electron chi connectivity index (χ3n) is 4.91. The number of nitrogens with zero attached hydrogens (tertiary/aromatic N) is 1. The highest BCUT2D eigenvalue weighted by atomic mass is 16.5. The number of amides is 1. The van der Waals surface area contributed by atoms with Gasteiger partial charge in [0.25, 0.3) is 5.91 Å². The number of aromatic amines is 1. The summed E-state index contributed by atoms with van der Waals surface area (Å²) in [6.45, 7) is 2.56. The van der Waals surface area contributed by atoms with E-state index in [0.717, 1.165) is 35.1 Å². The number of hydrogen-bond acceptors (Lipinski definition) is 3. The van der Waals surface area contributed by atoms with Crippen LogP contribution in [0.5, 0.6) is 5.75 Å². The zero-order valence-electron chi connectivity index (χ0n) is 15.4. The van der Waals surface area contributed by atoms with Gasteiger partial charge in [0.05, 0.1) is 12.8 Å². The van der Waals surface area contributed by atoms with E-state index in [0.29, 0.717) is 12.2 Å². The number of rotatable bonds is 5. The minimum Gasteiger partial charge on any atom is -0.494 e. The molecule has 5 heteroatoms. The van der Waals surface area contributed by atoms with Crippen LogP contribution in [0.25, 0.3) is 10.9 Å². The Labute approximate surface area is 158 Å².